The van der Waals surface area contributed by atoms with Gasteiger partial charge in [0.05, 0.1) is 13.0 Å². The molecule has 3 aromatic carbocycles. The molecule has 1 saturated heterocycles. The summed E-state index contributed by atoms with van der Waals surface area (Å²) in [5, 5.41) is 0. The molecule has 0 N–H and O–H groups in total. The summed E-state index contributed by atoms with van der Waals surface area (Å²) in [6, 6.07) is 24.9. The van der Waals surface area contributed by atoms with E-state index in [1.807, 2.05) is 42.5 Å². The first-order valence-electron chi connectivity index (χ1n) is 9.91. The van der Waals surface area contributed by atoms with Crippen molar-refractivity contribution >= 4 is 17.6 Å². The first-order chi connectivity index (χ1) is 14.6. The third-order valence-corrected chi connectivity index (χ3v) is 5.24. The number of esters is 1. The van der Waals surface area contributed by atoms with Gasteiger partial charge in [-0.25, -0.2) is 0 Å². The lowest BCUT2D eigenvalue weighted by atomic mass is 10.1. The quantitative estimate of drug-likeness (QED) is 0.458. The second-order valence-electron chi connectivity index (χ2n) is 7.33. The number of hydrogen-bond acceptors (Lipinski definition) is 4. The Morgan fingerprint density at radius 1 is 0.900 bits per heavy atom. The van der Waals surface area contributed by atoms with Gasteiger partial charge in [-0.15, -0.1) is 0 Å². The number of methoxy groups -OCH3 is 1. The normalized spacial score (nSPS) is 15.8. The third-order valence-electron chi connectivity index (χ3n) is 5.24. The second kappa shape index (κ2) is 8.82. The second-order valence-corrected chi connectivity index (χ2v) is 7.33. The summed E-state index contributed by atoms with van der Waals surface area (Å²) in [6.07, 6.45) is 0.972. The predicted octanol–water partition coefficient (Wildman–Crippen LogP) is 4.24. The van der Waals surface area contributed by atoms with Crippen LogP contribution in [-0.4, -0.2) is 25.5 Å². The van der Waals surface area contributed by atoms with Crippen molar-refractivity contribution in [2.75, 3.05) is 18.6 Å². The van der Waals surface area contributed by atoms with E-state index in [1.165, 1.54) is 5.56 Å². The maximum Gasteiger partial charge on any atom is 0.316 e. The topological polar surface area (TPSA) is 55.8 Å². The van der Waals surface area contributed by atoms with Crippen molar-refractivity contribution < 1.29 is 19.1 Å². The zero-order valence-corrected chi connectivity index (χ0v) is 16.8. The number of hydrogen-bond donors (Lipinski definition) is 0. The highest BCUT2D eigenvalue weighted by atomic mass is 16.5. The average Bonchev–Trinajstić information content (AvgIpc) is 3.18. The van der Waals surface area contributed by atoms with Gasteiger partial charge in [0.15, 0.2) is 0 Å². The van der Waals surface area contributed by atoms with Crippen molar-refractivity contribution in [2.24, 2.45) is 5.92 Å². The first kappa shape index (κ1) is 19.7. The average molecular weight is 401 g/mol. The number of ether oxygens (including phenoxy) is 2. The molecule has 3 aromatic rings. The smallest absolute Gasteiger partial charge is 0.316 e. The number of carbonyl (C=O) groups is 2. The van der Waals surface area contributed by atoms with Crippen molar-refractivity contribution in [1.29, 1.82) is 0 Å². The van der Waals surface area contributed by atoms with Crippen molar-refractivity contribution in [3.05, 3.63) is 90.0 Å². The number of carbonyl (C=O) groups excluding carboxylic acids is 2. The summed E-state index contributed by atoms with van der Waals surface area (Å²) in [6.45, 7) is 0.316. The minimum atomic E-state index is -0.483. The van der Waals surface area contributed by atoms with E-state index in [1.54, 1.807) is 36.3 Å². The van der Waals surface area contributed by atoms with Crippen molar-refractivity contribution in [3.8, 4) is 11.5 Å². The van der Waals surface area contributed by atoms with E-state index in [4.69, 9.17) is 9.47 Å². The van der Waals surface area contributed by atoms with E-state index in [-0.39, 0.29) is 18.3 Å². The van der Waals surface area contributed by atoms with Gasteiger partial charge in [-0.3, -0.25) is 9.59 Å². The highest BCUT2D eigenvalue weighted by Gasteiger charge is 2.36. The number of nitrogens with zero attached hydrogens (tertiary/aromatic N) is 1. The van der Waals surface area contributed by atoms with E-state index >= 15 is 0 Å². The van der Waals surface area contributed by atoms with Crippen molar-refractivity contribution in [2.45, 2.75) is 12.8 Å². The molecule has 0 unspecified atom stereocenters. The summed E-state index contributed by atoms with van der Waals surface area (Å²) in [7, 11) is 1.59. The molecule has 1 amide bonds. The molecular weight excluding hydrogens is 378 g/mol. The number of rotatable bonds is 6. The van der Waals surface area contributed by atoms with Crippen LogP contribution in [0.1, 0.15) is 17.5 Å². The maximum absolute atomic E-state index is 12.6. The highest BCUT2D eigenvalue weighted by Crippen LogP contribution is 2.28. The Morgan fingerprint density at radius 2 is 1.53 bits per heavy atom. The number of amides is 1. The molecule has 0 spiro atoms. The van der Waals surface area contributed by atoms with Crippen LogP contribution in [0.4, 0.5) is 5.69 Å². The van der Waals surface area contributed by atoms with Crippen LogP contribution < -0.4 is 14.4 Å². The zero-order chi connectivity index (χ0) is 20.9. The summed E-state index contributed by atoms with van der Waals surface area (Å²) >= 11 is 0. The molecule has 0 radical (unpaired) electrons. The van der Waals surface area contributed by atoms with E-state index in [2.05, 4.69) is 12.1 Å². The molecule has 1 aliphatic rings. The van der Waals surface area contributed by atoms with E-state index < -0.39 is 5.92 Å². The molecule has 4 rings (SSSR count). The fourth-order valence-electron chi connectivity index (χ4n) is 3.58. The molecule has 0 saturated carbocycles. The van der Waals surface area contributed by atoms with Gasteiger partial charge in [-0.2, -0.15) is 0 Å². The van der Waals surface area contributed by atoms with Gasteiger partial charge < -0.3 is 14.4 Å². The highest BCUT2D eigenvalue weighted by molar-refractivity contribution is 5.99. The van der Waals surface area contributed by atoms with E-state index in [0.717, 1.165) is 23.4 Å². The SMILES string of the molecule is COc1ccc(N2C[C@@H](C(=O)Oc3ccc(Cc4ccccc4)cc3)CC2=O)cc1. The van der Waals surface area contributed by atoms with E-state index in [9.17, 15) is 9.59 Å². The summed E-state index contributed by atoms with van der Waals surface area (Å²) in [4.78, 5) is 26.6. The Kier molecular flexibility index (Phi) is 5.80. The van der Waals surface area contributed by atoms with Gasteiger partial charge in [0.25, 0.3) is 0 Å². The molecule has 30 heavy (non-hydrogen) atoms. The minimum Gasteiger partial charge on any atom is -0.497 e. The Hall–Kier alpha value is -3.60. The molecule has 0 bridgehead atoms. The molecule has 152 valence electrons. The molecule has 0 aromatic heterocycles. The Bertz CT molecular complexity index is 1010. The Balaban J connectivity index is 1.36. The monoisotopic (exact) mass is 401 g/mol. The molecule has 0 aliphatic carbocycles. The molecule has 5 heteroatoms. The van der Waals surface area contributed by atoms with Crippen LogP contribution >= 0.6 is 0 Å². The van der Waals surface area contributed by atoms with Gasteiger partial charge in [-0.1, -0.05) is 42.5 Å². The lowest BCUT2D eigenvalue weighted by Gasteiger charge is -2.17. The van der Waals surface area contributed by atoms with Gasteiger partial charge in [0.2, 0.25) is 5.91 Å². The van der Waals surface area contributed by atoms with Gasteiger partial charge in [0.1, 0.15) is 11.5 Å². The van der Waals surface area contributed by atoms with Crippen molar-refractivity contribution in [1.82, 2.24) is 0 Å². The molecular formula is C25H23NO4. The lowest BCUT2D eigenvalue weighted by molar-refractivity contribution is -0.139. The summed E-state index contributed by atoms with van der Waals surface area (Å²) in [5.41, 5.74) is 3.12. The molecule has 1 fully saturated rings. The molecule has 1 heterocycles. The third kappa shape index (κ3) is 4.51. The van der Waals surface area contributed by atoms with Crippen LogP contribution in [0.5, 0.6) is 11.5 Å². The van der Waals surface area contributed by atoms with Crippen LogP contribution in [0, 0.1) is 5.92 Å². The largest absolute Gasteiger partial charge is 0.497 e. The van der Waals surface area contributed by atoms with Gasteiger partial charge in [0, 0.05) is 18.7 Å². The first-order valence-corrected chi connectivity index (χ1v) is 9.91. The summed E-state index contributed by atoms with van der Waals surface area (Å²) < 4.78 is 10.7. The minimum absolute atomic E-state index is 0.0830. The lowest BCUT2D eigenvalue weighted by Crippen LogP contribution is -2.27. The maximum atomic E-state index is 12.6. The van der Waals surface area contributed by atoms with Crippen LogP contribution in [-0.2, 0) is 16.0 Å². The zero-order valence-electron chi connectivity index (χ0n) is 16.8. The molecule has 1 aliphatic heterocycles. The fourth-order valence-corrected chi connectivity index (χ4v) is 3.58. The van der Waals surface area contributed by atoms with Crippen LogP contribution in [0.15, 0.2) is 78.9 Å². The summed E-state index contributed by atoms with van der Waals surface area (Å²) in [5.74, 6) is 0.267. The van der Waals surface area contributed by atoms with Crippen molar-refractivity contribution in [3.63, 3.8) is 0 Å². The van der Waals surface area contributed by atoms with Gasteiger partial charge >= 0.3 is 5.97 Å². The number of anilines is 1. The Labute approximate surface area is 175 Å². The Morgan fingerprint density at radius 3 is 2.20 bits per heavy atom. The van der Waals surface area contributed by atoms with Crippen LogP contribution in [0.2, 0.25) is 0 Å². The number of benzene rings is 3. The van der Waals surface area contributed by atoms with Gasteiger partial charge in [-0.05, 0) is 53.9 Å². The molecule has 1 atom stereocenters. The van der Waals surface area contributed by atoms with E-state index in [0.29, 0.717) is 12.3 Å². The fraction of sp³-hybridized carbons (Fsp3) is 0.200. The van der Waals surface area contributed by atoms with Crippen LogP contribution in [0.25, 0.3) is 0 Å². The standard InChI is InChI=1S/C25H23NO4/c1-29-22-13-9-21(10-14-22)26-17-20(16-24(26)27)25(28)30-23-11-7-19(8-12-23)15-18-5-3-2-4-6-18/h2-14,20H,15-17H2,1H3/t20-/m0/s1. The molecule has 5 nitrogen and oxygen atoms in total. The predicted molar refractivity (Wildman–Crippen MR) is 115 cm³/mol. The van der Waals surface area contributed by atoms with Crippen LogP contribution in [0.3, 0.4) is 0 Å².